The van der Waals surface area contributed by atoms with Gasteiger partial charge in [-0.2, -0.15) is 4.52 Å². The number of aromatic hydroxyl groups is 1. The zero-order valence-electron chi connectivity index (χ0n) is 15.4. The van der Waals surface area contributed by atoms with Gasteiger partial charge in [0, 0.05) is 5.92 Å². The number of hydrogen-bond donors (Lipinski definition) is 2. The minimum absolute atomic E-state index is 0.0719. The summed E-state index contributed by atoms with van der Waals surface area (Å²) < 4.78 is 1.51. The third kappa shape index (κ3) is 3.19. The highest BCUT2D eigenvalue weighted by Gasteiger charge is 2.33. The average Bonchev–Trinajstić information content (AvgIpc) is 3.15. The van der Waals surface area contributed by atoms with E-state index >= 15 is 0 Å². The van der Waals surface area contributed by atoms with Gasteiger partial charge in [-0.15, -0.1) is 5.10 Å². The molecule has 0 bridgehead atoms. The summed E-state index contributed by atoms with van der Waals surface area (Å²) in [6.45, 7) is 5.39. The summed E-state index contributed by atoms with van der Waals surface area (Å²) in [5, 5.41) is 15.2. The van der Waals surface area contributed by atoms with Gasteiger partial charge < -0.3 is 10.8 Å². The van der Waals surface area contributed by atoms with Crippen molar-refractivity contribution in [3.63, 3.8) is 0 Å². The first-order chi connectivity index (χ1) is 13.0. The van der Waals surface area contributed by atoms with Crippen LogP contribution in [0.5, 0.6) is 5.88 Å². The van der Waals surface area contributed by atoms with E-state index in [1.807, 2.05) is 19.1 Å². The molecule has 0 saturated carbocycles. The lowest BCUT2D eigenvalue weighted by molar-refractivity contribution is -0.123. The van der Waals surface area contributed by atoms with Crippen LogP contribution in [0.3, 0.4) is 0 Å². The van der Waals surface area contributed by atoms with Crippen molar-refractivity contribution in [2.75, 3.05) is 13.1 Å². The molecule has 1 saturated heterocycles. The zero-order chi connectivity index (χ0) is 19.1. The third-order valence-corrected chi connectivity index (χ3v) is 6.41. The quantitative estimate of drug-likeness (QED) is 0.719. The first-order valence-corrected chi connectivity index (χ1v) is 9.91. The van der Waals surface area contributed by atoms with Crippen LogP contribution >= 0.6 is 11.3 Å². The number of hydrogen-bond acceptors (Lipinski definition) is 6. The minimum atomic E-state index is -0.223. The largest absolute Gasteiger partial charge is 0.492 e. The molecule has 0 radical (unpaired) electrons. The Morgan fingerprint density at radius 3 is 2.63 bits per heavy atom. The van der Waals surface area contributed by atoms with Crippen LogP contribution in [-0.4, -0.2) is 43.6 Å². The number of aromatic nitrogens is 3. The smallest absolute Gasteiger partial charge is 0.230 e. The second-order valence-electron chi connectivity index (χ2n) is 7.12. The molecule has 1 unspecified atom stereocenters. The second-order valence-corrected chi connectivity index (χ2v) is 8.12. The molecule has 3 heterocycles. The summed E-state index contributed by atoms with van der Waals surface area (Å²) in [6, 6.07) is 8.11. The number of benzene rings is 1. The van der Waals surface area contributed by atoms with Crippen LogP contribution in [0, 0.1) is 19.8 Å². The number of rotatable bonds is 4. The fraction of sp³-hybridized carbons (Fsp3) is 0.421. The number of fused-ring (bicyclic) bond motifs is 1. The summed E-state index contributed by atoms with van der Waals surface area (Å²) in [5.41, 5.74) is 7.80. The molecule has 2 aromatic heterocycles. The molecule has 1 amide bonds. The van der Waals surface area contributed by atoms with Crippen LogP contribution in [0.1, 0.15) is 40.7 Å². The van der Waals surface area contributed by atoms with Gasteiger partial charge in [0.25, 0.3) is 0 Å². The fourth-order valence-electron chi connectivity index (χ4n) is 3.87. The monoisotopic (exact) mass is 385 g/mol. The molecule has 7 nitrogen and oxygen atoms in total. The Balaban J connectivity index is 1.77. The van der Waals surface area contributed by atoms with Crippen LogP contribution in [0.15, 0.2) is 24.3 Å². The van der Waals surface area contributed by atoms with Gasteiger partial charge in [0.1, 0.15) is 5.82 Å². The molecule has 27 heavy (non-hydrogen) atoms. The van der Waals surface area contributed by atoms with E-state index in [0.29, 0.717) is 10.8 Å². The van der Waals surface area contributed by atoms with E-state index in [0.717, 1.165) is 41.9 Å². The number of nitrogens with zero attached hydrogens (tertiary/aromatic N) is 4. The molecule has 8 heteroatoms. The topological polar surface area (TPSA) is 96.8 Å². The molecular weight excluding hydrogens is 362 g/mol. The SMILES string of the molecule is Cc1nc2sc(C(c3ccccc3C)N3CCC(C(N)=O)CC3)c(O)n2n1. The van der Waals surface area contributed by atoms with Crippen molar-refractivity contribution in [2.24, 2.45) is 11.7 Å². The van der Waals surface area contributed by atoms with E-state index in [1.165, 1.54) is 15.9 Å². The maximum Gasteiger partial charge on any atom is 0.230 e. The molecule has 4 rings (SSSR count). The highest BCUT2D eigenvalue weighted by atomic mass is 32.1. The number of nitrogens with two attached hydrogens (primary N) is 1. The lowest BCUT2D eigenvalue weighted by Gasteiger charge is -2.37. The number of piperidine rings is 1. The maximum atomic E-state index is 11.5. The third-order valence-electron chi connectivity index (χ3n) is 5.33. The lowest BCUT2D eigenvalue weighted by Crippen LogP contribution is -2.40. The molecule has 0 spiro atoms. The van der Waals surface area contributed by atoms with Gasteiger partial charge >= 0.3 is 0 Å². The average molecular weight is 385 g/mol. The number of amides is 1. The summed E-state index contributed by atoms with van der Waals surface area (Å²) in [7, 11) is 0. The Bertz CT molecular complexity index is 987. The van der Waals surface area contributed by atoms with Crippen LogP contribution < -0.4 is 5.73 Å². The normalized spacial score (nSPS) is 17.4. The molecule has 1 fully saturated rings. The van der Waals surface area contributed by atoms with E-state index in [1.54, 1.807) is 0 Å². The summed E-state index contributed by atoms with van der Waals surface area (Å²) in [4.78, 5) is 19.8. The predicted octanol–water partition coefficient (Wildman–Crippen LogP) is 2.40. The highest BCUT2D eigenvalue weighted by Crippen LogP contribution is 2.42. The van der Waals surface area contributed by atoms with Gasteiger partial charge in [0.15, 0.2) is 0 Å². The molecule has 1 atom stereocenters. The molecule has 3 N–H and O–H groups in total. The molecule has 0 aliphatic carbocycles. The molecule has 1 aliphatic heterocycles. The highest BCUT2D eigenvalue weighted by molar-refractivity contribution is 7.17. The van der Waals surface area contributed by atoms with E-state index in [2.05, 4.69) is 34.0 Å². The molecule has 3 aromatic rings. The Labute approximate surface area is 161 Å². The van der Waals surface area contributed by atoms with Crippen LogP contribution in [0.25, 0.3) is 4.96 Å². The predicted molar refractivity (Wildman–Crippen MR) is 104 cm³/mol. The standard InChI is InChI=1S/C19H23N5O2S/c1-11-5-3-4-6-14(11)15(23-9-7-13(8-10-23)17(20)25)16-18(26)24-19(27-16)21-12(2)22-24/h3-6,13,15,26H,7-10H2,1-2H3,(H2,20,25). The fourth-order valence-corrected chi connectivity index (χ4v) is 5.02. The van der Waals surface area contributed by atoms with Crippen molar-refractivity contribution in [1.29, 1.82) is 0 Å². The summed E-state index contributed by atoms with van der Waals surface area (Å²) >= 11 is 1.46. The van der Waals surface area contributed by atoms with Gasteiger partial charge in [0.05, 0.1) is 10.9 Å². The van der Waals surface area contributed by atoms with Gasteiger partial charge in [-0.25, -0.2) is 4.98 Å². The number of primary amides is 1. The summed E-state index contributed by atoms with van der Waals surface area (Å²) in [6.07, 6.45) is 1.47. The molecule has 142 valence electrons. The number of aryl methyl sites for hydroxylation is 2. The van der Waals surface area contributed by atoms with Gasteiger partial charge in [0.2, 0.25) is 16.7 Å². The Hall–Kier alpha value is -2.45. The van der Waals surface area contributed by atoms with E-state index in [9.17, 15) is 9.90 Å². The molecular formula is C19H23N5O2S. The van der Waals surface area contributed by atoms with Crippen LogP contribution in [0.4, 0.5) is 0 Å². The minimum Gasteiger partial charge on any atom is -0.492 e. The van der Waals surface area contributed by atoms with Gasteiger partial charge in [-0.3, -0.25) is 9.69 Å². The van der Waals surface area contributed by atoms with Crippen molar-refractivity contribution in [3.05, 3.63) is 46.1 Å². The second kappa shape index (κ2) is 6.94. The number of carbonyl (C=O) groups excluding carboxylic acids is 1. The van der Waals surface area contributed by atoms with Crippen molar-refractivity contribution >= 4 is 22.2 Å². The van der Waals surface area contributed by atoms with Crippen LogP contribution in [0.2, 0.25) is 0 Å². The Morgan fingerprint density at radius 1 is 1.30 bits per heavy atom. The van der Waals surface area contributed by atoms with Gasteiger partial charge in [-0.1, -0.05) is 35.6 Å². The number of carbonyl (C=O) groups is 1. The van der Waals surface area contributed by atoms with E-state index in [-0.39, 0.29) is 23.7 Å². The van der Waals surface area contributed by atoms with Crippen molar-refractivity contribution in [3.8, 4) is 5.88 Å². The van der Waals surface area contributed by atoms with E-state index < -0.39 is 0 Å². The molecule has 1 aromatic carbocycles. The van der Waals surface area contributed by atoms with Gasteiger partial charge in [-0.05, 0) is 50.9 Å². The first kappa shape index (κ1) is 17.9. The Kier molecular flexibility index (Phi) is 4.61. The molecule has 1 aliphatic rings. The summed E-state index contributed by atoms with van der Waals surface area (Å²) in [5.74, 6) is 0.482. The maximum absolute atomic E-state index is 11.5. The Morgan fingerprint density at radius 2 is 2.00 bits per heavy atom. The lowest BCUT2D eigenvalue weighted by atomic mass is 9.92. The van der Waals surface area contributed by atoms with Crippen molar-refractivity contribution in [1.82, 2.24) is 19.5 Å². The van der Waals surface area contributed by atoms with Crippen LogP contribution in [-0.2, 0) is 4.79 Å². The van der Waals surface area contributed by atoms with E-state index in [4.69, 9.17) is 5.73 Å². The van der Waals surface area contributed by atoms with Crippen molar-refractivity contribution < 1.29 is 9.90 Å². The van der Waals surface area contributed by atoms with Crippen molar-refractivity contribution in [2.45, 2.75) is 32.7 Å². The first-order valence-electron chi connectivity index (χ1n) is 9.09. The number of thiazole rings is 1. The number of likely N-dealkylation sites (tertiary alicyclic amines) is 1. The zero-order valence-corrected chi connectivity index (χ0v) is 16.2.